The molecule has 1 N–H and O–H groups in total. The minimum absolute atomic E-state index is 0.384. The van der Waals surface area contributed by atoms with Crippen LogP contribution in [0, 0.1) is 0 Å². The minimum atomic E-state index is 0.384. The summed E-state index contributed by atoms with van der Waals surface area (Å²) >= 11 is 0. The van der Waals surface area contributed by atoms with Crippen molar-refractivity contribution in [1.82, 2.24) is 5.32 Å². The first-order chi connectivity index (χ1) is 17.9. The largest absolute Gasteiger partial charge is 0.379 e. The summed E-state index contributed by atoms with van der Waals surface area (Å²) in [7, 11) is 0. The Kier molecular flexibility index (Phi) is 27.3. The third kappa shape index (κ3) is 25.3. The van der Waals surface area contributed by atoms with Crippen LogP contribution < -0.4 is 5.32 Å². The molecule has 0 aromatic heterocycles. The Morgan fingerprint density at radius 3 is 1.25 bits per heavy atom. The van der Waals surface area contributed by atoms with E-state index in [0.29, 0.717) is 98.6 Å². The number of nitrogens with one attached hydrogen (secondary N) is 1. The van der Waals surface area contributed by atoms with Crippen molar-refractivity contribution in [2.24, 2.45) is 0 Å². The minimum Gasteiger partial charge on any atom is -0.379 e. The lowest BCUT2D eigenvalue weighted by atomic mass is 10.1. The first kappa shape index (κ1) is 33.7. The molecule has 0 atom stereocenters. The molecule has 1 saturated heterocycles. The molecule has 1 heterocycles. The number of hydrogen-bond acceptors (Lipinski definition) is 9. The topological polar surface area (TPSA) is 85.9 Å². The summed E-state index contributed by atoms with van der Waals surface area (Å²) in [6.07, 6.45) is 10.3. The van der Waals surface area contributed by atoms with Gasteiger partial charge in [0.1, 0.15) is 0 Å². The standard InChI is InChI=1S/C27H55NO8/c1-2-3-4-5-6-7-12-29-13-14-30-15-16-31-17-18-32-19-20-33-21-22-34-23-24-35-25-26-36-27-8-10-28-11-9-27/h27-28H,2-26H2,1H3. The normalized spacial score (nSPS) is 14.6. The Morgan fingerprint density at radius 2 is 0.806 bits per heavy atom. The van der Waals surface area contributed by atoms with Crippen LogP contribution in [0.2, 0.25) is 0 Å². The Balaban J connectivity index is 1.61. The molecule has 0 amide bonds. The van der Waals surface area contributed by atoms with Crippen LogP contribution in [-0.2, 0) is 37.9 Å². The second-order valence-corrected chi connectivity index (χ2v) is 8.87. The predicted molar refractivity (Wildman–Crippen MR) is 141 cm³/mol. The van der Waals surface area contributed by atoms with E-state index in [1.807, 2.05) is 0 Å². The monoisotopic (exact) mass is 521 g/mol. The van der Waals surface area contributed by atoms with E-state index in [0.717, 1.165) is 39.0 Å². The molecule has 1 aliphatic heterocycles. The summed E-state index contributed by atoms with van der Waals surface area (Å²) in [6.45, 7) is 13.4. The van der Waals surface area contributed by atoms with Gasteiger partial charge in [-0.3, -0.25) is 0 Å². The smallest absolute Gasteiger partial charge is 0.0704 e. The number of ether oxygens (including phenoxy) is 8. The quantitative estimate of drug-likeness (QED) is 0.149. The van der Waals surface area contributed by atoms with Gasteiger partial charge in [0.2, 0.25) is 0 Å². The highest BCUT2D eigenvalue weighted by Gasteiger charge is 2.12. The molecule has 0 aromatic carbocycles. The molecule has 36 heavy (non-hydrogen) atoms. The zero-order chi connectivity index (χ0) is 25.6. The molecule has 0 aliphatic carbocycles. The summed E-state index contributed by atoms with van der Waals surface area (Å²) in [5.74, 6) is 0. The van der Waals surface area contributed by atoms with Crippen LogP contribution in [0.25, 0.3) is 0 Å². The molecule has 0 spiro atoms. The van der Waals surface area contributed by atoms with E-state index in [9.17, 15) is 0 Å². The van der Waals surface area contributed by atoms with Gasteiger partial charge in [0.25, 0.3) is 0 Å². The second kappa shape index (κ2) is 29.2. The van der Waals surface area contributed by atoms with Crippen molar-refractivity contribution < 1.29 is 37.9 Å². The summed E-state index contributed by atoms with van der Waals surface area (Å²) < 4.78 is 44.3. The molecule has 1 aliphatic rings. The molecule has 0 unspecified atom stereocenters. The highest BCUT2D eigenvalue weighted by atomic mass is 16.6. The molecule has 1 fully saturated rings. The number of piperidine rings is 1. The molecule has 9 heteroatoms. The fraction of sp³-hybridized carbons (Fsp3) is 1.00. The van der Waals surface area contributed by atoms with Crippen molar-refractivity contribution in [3.63, 3.8) is 0 Å². The van der Waals surface area contributed by atoms with Crippen molar-refractivity contribution in [2.75, 3.05) is 112 Å². The molecular weight excluding hydrogens is 466 g/mol. The molecule has 1 rings (SSSR count). The maximum atomic E-state index is 5.78. The van der Waals surface area contributed by atoms with Gasteiger partial charge in [-0.15, -0.1) is 0 Å². The van der Waals surface area contributed by atoms with Crippen molar-refractivity contribution in [3.8, 4) is 0 Å². The SMILES string of the molecule is CCCCCCCCOCCOCCOCCOCCOCCOCCOCCOC1CCNCC1. The summed E-state index contributed by atoms with van der Waals surface area (Å²) in [6, 6.07) is 0. The van der Waals surface area contributed by atoms with Crippen LogP contribution in [0.5, 0.6) is 0 Å². The number of rotatable bonds is 29. The molecule has 9 nitrogen and oxygen atoms in total. The van der Waals surface area contributed by atoms with Crippen LogP contribution >= 0.6 is 0 Å². The summed E-state index contributed by atoms with van der Waals surface area (Å²) in [4.78, 5) is 0. The van der Waals surface area contributed by atoms with Crippen LogP contribution in [0.1, 0.15) is 58.3 Å². The van der Waals surface area contributed by atoms with Gasteiger partial charge in [-0.05, 0) is 32.4 Å². The van der Waals surface area contributed by atoms with Crippen molar-refractivity contribution in [3.05, 3.63) is 0 Å². The second-order valence-electron chi connectivity index (χ2n) is 8.87. The highest BCUT2D eigenvalue weighted by Crippen LogP contribution is 2.06. The molecule has 0 saturated carbocycles. The molecule has 216 valence electrons. The Morgan fingerprint density at radius 1 is 0.444 bits per heavy atom. The van der Waals surface area contributed by atoms with Crippen molar-refractivity contribution >= 4 is 0 Å². The summed E-state index contributed by atoms with van der Waals surface area (Å²) in [5.41, 5.74) is 0. The van der Waals surface area contributed by atoms with Crippen molar-refractivity contribution in [2.45, 2.75) is 64.4 Å². The van der Waals surface area contributed by atoms with Crippen LogP contribution in [0.3, 0.4) is 0 Å². The van der Waals surface area contributed by atoms with E-state index in [-0.39, 0.29) is 0 Å². The Bertz CT molecular complexity index is 413. The third-order valence-corrected chi connectivity index (χ3v) is 5.74. The fourth-order valence-electron chi connectivity index (χ4n) is 3.64. The summed E-state index contributed by atoms with van der Waals surface area (Å²) in [5, 5.41) is 3.33. The van der Waals surface area contributed by atoms with Gasteiger partial charge in [-0.1, -0.05) is 39.0 Å². The first-order valence-electron chi connectivity index (χ1n) is 14.3. The van der Waals surface area contributed by atoms with Crippen LogP contribution in [0.15, 0.2) is 0 Å². The van der Waals surface area contributed by atoms with Gasteiger partial charge < -0.3 is 43.2 Å². The van der Waals surface area contributed by atoms with E-state index in [4.69, 9.17) is 37.9 Å². The number of hydrogen-bond donors (Lipinski definition) is 1. The van der Waals surface area contributed by atoms with Crippen LogP contribution in [-0.4, -0.2) is 118 Å². The average molecular weight is 522 g/mol. The van der Waals surface area contributed by atoms with Gasteiger partial charge in [-0.2, -0.15) is 0 Å². The Labute approximate surface area is 220 Å². The highest BCUT2D eigenvalue weighted by molar-refractivity contribution is 4.67. The lowest BCUT2D eigenvalue weighted by Crippen LogP contribution is -2.33. The zero-order valence-electron chi connectivity index (χ0n) is 23.0. The lowest BCUT2D eigenvalue weighted by molar-refractivity contribution is -0.0313. The zero-order valence-corrected chi connectivity index (χ0v) is 23.0. The fourth-order valence-corrected chi connectivity index (χ4v) is 3.64. The molecular formula is C27H55NO8. The van der Waals surface area contributed by atoms with E-state index in [1.165, 1.54) is 32.1 Å². The van der Waals surface area contributed by atoms with E-state index < -0.39 is 0 Å². The van der Waals surface area contributed by atoms with E-state index in [2.05, 4.69) is 12.2 Å². The predicted octanol–water partition coefficient (Wildman–Crippen LogP) is 3.23. The van der Waals surface area contributed by atoms with E-state index in [1.54, 1.807) is 0 Å². The molecule has 0 bridgehead atoms. The van der Waals surface area contributed by atoms with Crippen LogP contribution in [0.4, 0.5) is 0 Å². The maximum Gasteiger partial charge on any atom is 0.0704 e. The third-order valence-electron chi connectivity index (χ3n) is 5.74. The Hall–Kier alpha value is -0.360. The van der Waals surface area contributed by atoms with E-state index >= 15 is 0 Å². The van der Waals surface area contributed by atoms with Gasteiger partial charge in [0, 0.05) is 6.61 Å². The van der Waals surface area contributed by atoms with Gasteiger partial charge in [-0.25, -0.2) is 0 Å². The average Bonchev–Trinajstić information content (AvgIpc) is 2.91. The lowest BCUT2D eigenvalue weighted by Gasteiger charge is -2.22. The van der Waals surface area contributed by atoms with Crippen molar-refractivity contribution in [1.29, 1.82) is 0 Å². The van der Waals surface area contributed by atoms with Gasteiger partial charge >= 0.3 is 0 Å². The first-order valence-corrected chi connectivity index (χ1v) is 14.3. The maximum absolute atomic E-state index is 5.78. The number of unbranched alkanes of at least 4 members (excludes halogenated alkanes) is 5. The molecule has 0 aromatic rings. The molecule has 0 radical (unpaired) electrons. The van der Waals surface area contributed by atoms with Gasteiger partial charge in [0.05, 0.1) is 98.6 Å². The van der Waals surface area contributed by atoms with Gasteiger partial charge in [0.15, 0.2) is 0 Å².